The minimum atomic E-state index is 0.289. The molecule has 0 unspecified atom stereocenters. The van der Waals surface area contributed by atoms with E-state index in [9.17, 15) is 0 Å². The summed E-state index contributed by atoms with van der Waals surface area (Å²) < 4.78 is 0. The molecule has 0 saturated heterocycles. The lowest BCUT2D eigenvalue weighted by molar-refractivity contribution is 0.826. The normalized spacial score (nSPS) is 18.1. The number of amidine groups is 1. The number of nitrogens with one attached hydrogen (secondary N) is 1. The van der Waals surface area contributed by atoms with E-state index >= 15 is 0 Å². The van der Waals surface area contributed by atoms with E-state index in [2.05, 4.69) is 15.5 Å². The zero-order chi connectivity index (χ0) is 12.3. The van der Waals surface area contributed by atoms with Crippen LogP contribution in [0.3, 0.4) is 0 Å². The zero-order valence-electron chi connectivity index (χ0n) is 9.77. The third-order valence-corrected chi connectivity index (χ3v) is 3.32. The maximum Gasteiger partial charge on any atom is 0.177 e. The second-order valence-corrected chi connectivity index (χ2v) is 5.39. The molecule has 1 aliphatic rings. The van der Waals surface area contributed by atoms with Gasteiger partial charge in [-0.25, -0.2) is 0 Å². The van der Waals surface area contributed by atoms with Crippen molar-refractivity contribution in [1.29, 1.82) is 0 Å². The van der Waals surface area contributed by atoms with Crippen LogP contribution in [0.15, 0.2) is 34.4 Å². The van der Waals surface area contributed by atoms with E-state index in [1.165, 1.54) is 0 Å². The summed E-state index contributed by atoms with van der Waals surface area (Å²) in [6.45, 7) is 4.10. The summed E-state index contributed by atoms with van der Waals surface area (Å²) in [6.07, 6.45) is 0. The molecule has 1 aliphatic heterocycles. The van der Waals surface area contributed by atoms with Crippen LogP contribution in [0.5, 0.6) is 0 Å². The molecular weight excluding hydrogens is 254 g/mol. The van der Waals surface area contributed by atoms with E-state index in [-0.39, 0.29) is 6.04 Å². The quantitative estimate of drug-likeness (QED) is 0.894. The van der Waals surface area contributed by atoms with E-state index in [4.69, 9.17) is 11.6 Å². The number of rotatable bonds is 2. The first-order valence-electron chi connectivity index (χ1n) is 5.44. The highest BCUT2D eigenvalue weighted by Gasteiger charge is 2.12. The van der Waals surface area contributed by atoms with Crippen molar-refractivity contribution in [2.24, 2.45) is 10.1 Å². The molecule has 0 atom stereocenters. The Bertz CT molecular complexity index is 451. The van der Waals surface area contributed by atoms with Crippen molar-refractivity contribution in [1.82, 2.24) is 5.43 Å². The number of nitrogens with zero attached hydrogens (tertiary/aromatic N) is 2. The summed E-state index contributed by atoms with van der Waals surface area (Å²) in [4.78, 5) is 4.42. The van der Waals surface area contributed by atoms with Gasteiger partial charge in [-0.2, -0.15) is 5.10 Å². The predicted octanol–water partition coefficient (Wildman–Crippen LogP) is 3.14. The number of aliphatic imine (C=N–C) groups is 1. The molecule has 1 heterocycles. The summed E-state index contributed by atoms with van der Waals surface area (Å²) in [6, 6.07) is 8.00. The Balaban J connectivity index is 2.11. The molecule has 3 nitrogen and oxygen atoms in total. The number of hydrogen-bond acceptors (Lipinski definition) is 3. The fourth-order valence-corrected chi connectivity index (χ4v) is 2.43. The number of hydrazone groups is 1. The number of halogens is 1. The number of benzene rings is 1. The maximum absolute atomic E-state index is 5.85. The van der Waals surface area contributed by atoms with Crippen LogP contribution < -0.4 is 5.43 Å². The minimum absolute atomic E-state index is 0.289. The van der Waals surface area contributed by atoms with Gasteiger partial charge < -0.3 is 0 Å². The number of thioether (sulfide) groups is 1. The molecule has 0 aromatic heterocycles. The first-order chi connectivity index (χ1) is 8.15. The highest BCUT2D eigenvalue weighted by Crippen LogP contribution is 2.16. The molecule has 5 heteroatoms. The minimum Gasteiger partial charge on any atom is -0.258 e. The summed E-state index contributed by atoms with van der Waals surface area (Å²) in [5.41, 5.74) is 5.10. The molecule has 0 saturated carbocycles. The monoisotopic (exact) mass is 267 g/mol. The molecule has 90 valence electrons. The van der Waals surface area contributed by atoms with Crippen molar-refractivity contribution < 1.29 is 0 Å². The molecule has 1 N–H and O–H groups in total. The van der Waals surface area contributed by atoms with Crippen LogP contribution in [0.25, 0.3) is 0 Å². The van der Waals surface area contributed by atoms with Gasteiger partial charge in [-0.15, -0.1) is 0 Å². The van der Waals surface area contributed by atoms with Crippen molar-refractivity contribution >= 4 is 34.2 Å². The van der Waals surface area contributed by atoms with E-state index in [0.717, 1.165) is 27.2 Å². The third kappa shape index (κ3) is 3.48. The van der Waals surface area contributed by atoms with Crippen molar-refractivity contribution in [2.45, 2.75) is 19.9 Å². The fraction of sp³-hybridized carbons (Fsp3) is 0.333. The Hall–Kier alpha value is -1.000. The molecule has 0 spiro atoms. The van der Waals surface area contributed by atoms with Crippen molar-refractivity contribution in [3.8, 4) is 0 Å². The summed E-state index contributed by atoms with van der Waals surface area (Å²) in [5, 5.41) is 5.97. The van der Waals surface area contributed by atoms with Crippen LogP contribution in [-0.4, -0.2) is 22.7 Å². The van der Waals surface area contributed by atoms with E-state index in [1.54, 1.807) is 11.8 Å². The summed E-state index contributed by atoms with van der Waals surface area (Å²) in [7, 11) is 0. The first kappa shape index (κ1) is 12.5. The second kappa shape index (κ2) is 5.56. The van der Waals surface area contributed by atoms with Crippen LogP contribution >= 0.6 is 23.4 Å². The molecule has 2 rings (SSSR count). The van der Waals surface area contributed by atoms with E-state index in [1.807, 2.05) is 38.1 Å². The fourth-order valence-electron chi connectivity index (χ4n) is 1.41. The van der Waals surface area contributed by atoms with Crippen molar-refractivity contribution in [2.75, 3.05) is 5.75 Å². The Kier molecular flexibility index (Phi) is 4.07. The standard InChI is InChI=1S/C12H14ClN3S/c1-8(2)14-12-16-15-11(7-17-12)9-3-5-10(13)6-4-9/h3-6,8H,7H2,1-2H3,(H,14,16). The van der Waals surface area contributed by atoms with Crippen molar-refractivity contribution in [3.05, 3.63) is 34.9 Å². The van der Waals surface area contributed by atoms with Gasteiger partial charge in [0, 0.05) is 16.8 Å². The number of hydrogen-bond donors (Lipinski definition) is 1. The van der Waals surface area contributed by atoms with E-state index < -0.39 is 0 Å². The van der Waals surface area contributed by atoms with Gasteiger partial charge in [-0.3, -0.25) is 10.4 Å². The van der Waals surface area contributed by atoms with Gasteiger partial charge >= 0.3 is 0 Å². The smallest absolute Gasteiger partial charge is 0.177 e. The van der Waals surface area contributed by atoms with Gasteiger partial charge in [-0.1, -0.05) is 35.5 Å². The molecule has 0 fully saturated rings. The molecular formula is C12H14ClN3S. The summed E-state index contributed by atoms with van der Waals surface area (Å²) in [5.74, 6) is 0.834. The first-order valence-corrected chi connectivity index (χ1v) is 6.80. The Morgan fingerprint density at radius 1 is 1.35 bits per heavy atom. The average molecular weight is 268 g/mol. The van der Waals surface area contributed by atoms with Gasteiger partial charge in [0.05, 0.1) is 5.71 Å². The molecule has 1 aromatic rings. The van der Waals surface area contributed by atoms with Crippen LogP contribution in [0.4, 0.5) is 0 Å². The topological polar surface area (TPSA) is 36.8 Å². The lowest BCUT2D eigenvalue weighted by Gasteiger charge is -2.15. The molecule has 0 radical (unpaired) electrons. The molecule has 0 aliphatic carbocycles. The highest BCUT2D eigenvalue weighted by molar-refractivity contribution is 8.14. The zero-order valence-corrected chi connectivity index (χ0v) is 11.3. The third-order valence-electron chi connectivity index (χ3n) is 2.19. The lowest BCUT2D eigenvalue weighted by atomic mass is 10.1. The molecule has 0 bridgehead atoms. The maximum atomic E-state index is 5.85. The van der Waals surface area contributed by atoms with Crippen molar-refractivity contribution in [3.63, 3.8) is 0 Å². The Labute approximate surface area is 110 Å². The van der Waals surface area contributed by atoms with Gasteiger partial charge in [-0.05, 0) is 31.5 Å². The largest absolute Gasteiger partial charge is 0.258 e. The van der Waals surface area contributed by atoms with Gasteiger partial charge in [0.2, 0.25) is 0 Å². The van der Waals surface area contributed by atoms with Gasteiger partial charge in [0.25, 0.3) is 0 Å². The highest BCUT2D eigenvalue weighted by atomic mass is 35.5. The Morgan fingerprint density at radius 2 is 2.06 bits per heavy atom. The average Bonchev–Trinajstić information content (AvgIpc) is 2.30. The van der Waals surface area contributed by atoms with E-state index in [0.29, 0.717) is 0 Å². The molecule has 17 heavy (non-hydrogen) atoms. The lowest BCUT2D eigenvalue weighted by Crippen LogP contribution is -2.26. The molecule has 0 amide bonds. The second-order valence-electron chi connectivity index (χ2n) is 3.99. The predicted molar refractivity (Wildman–Crippen MR) is 76.2 cm³/mol. The van der Waals surface area contributed by atoms with Gasteiger partial charge in [0.15, 0.2) is 5.17 Å². The van der Waals surface area contributed by atoms with Crippen LogP contribution in [-0.2, 0) is 0 Å². The van der Waals surface area contributed by atoms with Gasteiger partial charge in [0.1, 0.15) is 0 Å². The van der Waals surface area contributed by atoms with Crippen LogP contribution in [0, 0.1) is 0 Å². The Morgan fingerprint density at radius 3 is 2.59 bits per heavy atom. The van der Waals surface area contributed by atoms with Crippen LogP contribution in [0.1, 0.15) is 19.4 Å². The van der Waals surface area contributed by atoms with Crippen LogP contribution in [0.2, 0.25) is 5.02 Å². The SMILES string of the molecule is CC(C)N=C1NN=C(c2ccc(Cl)cc2)CS1. The molecule has 1 aromatic carbocycles. The summed E-state index contributed by atoms with van der Waals surface area (Å²) >= 11 is 7.53.